The van der Waals surface area contributed by atoms with Crippen molar-refractivity contribution in [1.29, 1.82) is 0 Å². The average Bonchev–Trinajstić information content (AvgIpc) is 2.66. The highest BCUT2D eigenvalue weighted by atomic mass is 16.6. The highest BCUT2D eigenvalue weighted by Crippen LogP contribution is 2.26. The molecule has 1 aromatic rings. The fraction of sp³-hybridized carbons (Fsp3) is 0.654. The Morgan fingerprint density at radius 2 is 1.65 bits per heavy atom. The summed E-state index contributed by atoms with van der Waals surface area (Å²) in [5, 5.41) is 15.4. The maximum absolute atomic E-state index is 13.8. The van der Waals surface area contributed by atoms with Crippen LogP contribution in [0.3, 0.4) is 0 Å². The number of hydrogen-bond donors (Lipinski definition) is 3. The van der Waals surface area contributed by atoms with Gasteiger partial charge in [-0.15, -0.1) is 0 Å². The fourth-order valence-corrected chi connectivity index (χ4v) is 3.59. The average molecular weight is 478 g/mol. The lowest BCUT2D eigenvalue weighted by Gasteiger charge is -2.35. The van der Waals surface area contributed by atoms with Gasteiger partial charge in [-0.3, -0.25) is 9.59 Å². The van der Waals surface area contributed by atoms with Gasteiger partial charge in [0.25, 0.3) is 0 Å². The van der Waals surface area contributed by atoms with Crippen LogP contribution < -0.4 is 10.6 Å². The maximum Gasteiger partial charge on any atom is 0.408 e. The molecule has 1 rings (SSSR count). The third-order valence-electron chi connectivity index (χ3n) is 5.16. The standard InChI is InChI=1S/C26H43N3O5/c1-16(2)14-21(28-25(33)34-26(7,8)9)24(32)29(12-13-30)22(23(31)27-17(3)4)20-11-10-18(5)19(6)15-20/h10-11,15-17,21-22,30H,12-14H2,1-9H3,(H,27,31)(H,28,33). The van der Waals surface area contributed by atoms with Gasteiger partial charge in [0.1, 0.15) is 17.7 Å². The first-order valence-electron chi connectivity index (χ1n) is 11.9. The molecule has 8 nitrogen and oxygen atoms in total. The Morgan fingerprint density at radius 3 is 2.12 bits per heavy atom. The van der Waals surface area contributed by atoms with E-state index in [4.69, 9.17) is 4.74 Å². The third-order valence-corrected chi connectivity index (χ3v) is 5.16. The summed E-state index contributed by atoms with van der Waals surface area (Å²) in [5.74, 6) is -0.708. The van der Waals surface area contributed by atoms with Gasteiger partial charge in [0, 0.05) is 12.6 Å². The molecular formula is C26H43N3O5. The lowest BCUT2D eigenvalue weighted by molar-refractivity contribution is -0.143. The van der Waals surface area contributed by atoms with E-state index >= 15 is 0 Å². The summed E-state index contributed by atoms with van der Waals surface area (Å²) in [5.41, 5.74) is 1.97. The van der Waals surface area contributed by atoms with Crippen molar-refractivity contribution >= 4 is 17.9 Å². The van der Waals surface area contributed by atoms with Crippen LogP contribution in [0.1, 0.15) is 77.6 Å². The van der Waals surface area contributed by atoms with E-state index in [0.717, 1.165) is 11.1 Å². The molecule has 34 heavy (non-hydrogen) atoms. The molecule has 2 atom stereocenters. The summed E-state index contributed by atoms with van der Waals surface area (Å²) >= 11 is 0. The van der Waals surface area contributed by atoms with Crippen molar-refractivity contribution in [2.24, 2.45) is 5.92 Å². The summed E-state index contributed by atoms with van der Waals surface area (Å²) in [6.07, 6.45) is -0.351. The first-order chi connectivity index (χ1) is 15.7. The van der Waals surface area contributed by atoms with Crippen molar-refractivity contribution in [1.82, 2.24) is 15.5 Å². The van der Waals surface area contributed by atoms with Crippen LogP contribution in [0.25, 0.3) is 0 Å². The molecule has 0 saturated heterocycles. The molecule has 0 spiro atoms. The highest BCUT2D eigenvalue weighted by molar-refractivity contribution is 5.92. The fourth-order valence-electron chi connectivity index (χ4n) is 3.59. The lowest BCUT2D eigenvalue weighted by Crippen LogP contribution is -2.54. The number of hydrogen-bond acceptors (Lipinski definition) is 5. The second-order valence-corrected chi connectivity index (χ2v) is 10.5. The molecule has 0 saturated carbocycles. The minimum Gasteiger partial charge on any atom is -0.444 e. The predicted molar refractivity (Wildman–Crippen MR) is 133 cm³/mol. The van der Waals surface area contributed by atoms with E-state index in [1.807, 2.05) is 59.7 Å². The number of benzene rings is 1. The zero-order chi connectivity index (χ0) is 26.2. The number of nitrogens with zero attached hydrogens (tertiary/aromatic N) is 1. The molecule has 0 heterocycles. The summed E-state index contributed by atoms with van der Waals surface area (Å²) in [6, 6.07) is 3.60. The molecule has 0 fully saturated rings. The van der Waals surface area contributed by atoms with Crippen LogP contribution in [0, 0.1) is 19.8 Å². The van der Waals surface area contributed by atoms with E-state index in [0.29, 0.717) is 12.0 Å². The molecule has 3 amide bonds. The first-order valence-corrected chi connectivity index (χ1v) is 11.9. The zero-order valence-electron chi connectivity index (χ0n) is 22.2. The van der Waals surface area contributed by atoms with Crippen LogP contribution in [0.5, 0.6) is 0 Å². The van der Waals surface area contributed by atoms with Gasteiger partial charge in [0.15, 0.2) is 0 Å². The highest BCUT2D eigenvalue weighted by Gasteiger charge is 2.36. The van der Waals surface area contributed by atoms with Crippen LogP contribution in [0.15, 0.2) is 18.2 Å². The van der Waals surface area contributed by atoms with E-state index in [2.05, 4.69) is 10.6 Å². The van der Waals surface area contributed by atoms with Crippen molar-refractivity contribution in [2.75, 3.05) is 13.2 Å². The molecule has 1 aromatic carbocycles. The van der Waals surface area contributed by atoms with Gasteiger partial charge in [-0.2, -0.15) is 0 Å². The Kier molecular flexibility index (Phi) is 11.0. The van der Waals surface area contributed by atoms with Gasteiger partial charge in [-0.25, -0.2) is 4.79 Å². The molecule has 192 valence electrons. The summed E-state index contributed by atoms with van der Waals surface area (Å²) in [6.45, 7) is 16.3. The monoisotopic (exact) mass is 477 g/mol. The number of rotatable bonds is 10. The Morgan fingerprint density at radius 1 is 1.03 bits per heavy atom. The van der Waals surface area contributed by atoms with Crippen LogP contribution in [-0.4, -0.2) is 58.8 Å². The van der Waals surface area contributed by atoms with Gasteiger partial charge >= 0.3 is 6.09 Å². The van der Waals surface area contributed by atoms with Crippen molar-refractivity contribution in [3.63, 3.8) is 0 Å². The van der Waals surface area contributed by atoms with Crippen LogP contribution in [0.2, 0.25) is 0 Å². The van der Waals surface area contributed by atoms with Crippen LogP contribution >= 0.6 is 0 Å². The van der Waals surface area contributed by atoms with Crippen molar-refractivity contribution in [3.8, 4) is 0 Å². The smallest absolute Gasteiger partial charge is 0.408 e. The predicted octanol–water partition coefficient (Wildman–Crippen LogP) is 3.63. The second-order valence-electron chi connectivity index (χ2n) is 10.5. The number of aliphatic hydroxyl groups excluding tert-OH is 1. The quantitative estimate of drug-likeness (QED) is 0.477. The zero-order valence-corrected chi connectivity index (χ0v) is 22.2. The van der Waals surface area contributed by atoms with E-state index in [1.54, 1.807) is 20.8 Å². The number of carbonyl (C=O) groups excluding carboxylic acids is 3. The Balaban J connectivity index is 3.45. The topological polar surface area (TPSA) is 108 Å². The van der Waals surface area contributed by atoms with Gasteiger partial charge in [-0.05, 0) is 77.5 Å². The number of alkyl carbamates (subject to hydrolysis) is 1. The minimum atomic E-state index is -0.962. The molecule has 0 aliphatic carbocycles. The number of carbonyl (C=O) groups is 3. The number of amides is 3. The summed E-state index contributed by atoms with van der Waals surface area (Å²) in [4.78, 5) is 41.0. The molecule has 2 unspecified atom stereocenters. The van der Waals surface area contributed by atoms with Gasteiger partial charge in [0.2, 0.25) is 11.8 Å². The molecule has 0 aromatic heterocycles. The second kappa shape index (κ2) is 12.7. The number of aliphatic hydroxyl groups is 1. The Hall–Kier alpha value is -2.61. The largest absolute Gasteiger partial charge is 0.444 e. The SMILES string of the molecule is Cc1ccc(C(C(=O)NC(C)C)N(CCO)C(=O)C(CC(C)C)NC(=O)OC(C)(C)C)cc1C. The summed E-state index contributed by atoms with van der Waals surface area (Å²) < 4.78 is 5.36. The molecule has 0 bridgehead atoms. The van der Waals surface area contributed by atoms with Gasteiger partial charge in [0.05, 0.1) is 6.61 Å². The number of nitrogens with one attached hydrogen (secondary N) is 2. The minimum absolute atomic E-state index is 0.0630. The van der Waals surface area contributed by atoms with Crippen molar-refractivity contribution < 1.29 is 24.2 Å². The molecule has 0 radical (unpaired) electrons. The number of ether oxygens (including phenoxy) is 1. The molecule has 0 aliphatic rings. The summed E-state index contributed by atoms with van der Waals surface area (Å²) in [7, 11) is 0. The van der Waals surface area contributed by atoms with E-state index < -0.39 is 29.7 Å². The molecule has 0 aliphatic heterocycles. The normalized spacial score (nSPS) is 13.4. The maximum atomic E-state index is 13.8. The third kappa shape index (κ3) is 9.33. The van der Waals surface area contributed by atoms with Crippen molar-refractivity contribution in [3.05, 3.63) is 34.9 Å². The number of aryl methyl sites for hydroxylation is 2. The Labute approximate surface area is 204 Å². The van der Waals surface area contributed by atoms with Crippen molar-refractivity contribution in [2.45, 2.75) is 92.5 Å². The van der Waals surface area contributed by atoms with Crippen LogP contribution in [0.4, 0.5) is 4.79 Å². The van der Waals surface area contributed by atoms with Gasteiger partial charge in [-0.1, -0.05) is 32.0 Å². The Bertz CT molecular complexity index is 845. The van der Waals surface area contributed by atoms with E-state index in [9.17, 15) is 19.5 Å². The molecule has 8 heteroatoms. The molecular weight excluding hydrogens is 434 g/mol. The first kappa shape index (κ1) is 29.4. The van der Waals surface area contributed by atoms with E-state index in [-0.39, 0.29) is 31.0 Å². The van der Waals surface area contributed by atoms with Crippen LogP contribution in [-0.2, 0) is 14.3 Å². The lowest BCUT2D eigenvalue weighted by atomic mass is 9.97. The van der Waals surface area contributed by atoms with E-state index in [1.165, 1.54) is 4.90 Å². The van der Waals surface area contributed by atoms with Gasteiger partial charge < -0.3 is 25.4 Å². The molecule has 3 N–H and O–H groups in total.